The van der Waals surface area contributed by atoms with Crippen molar-refractivity contribution in [3.63, 3.8) is 0 Å². The summed E-state index contributed by atoms with van der Waals surface area (Å²) in [5.74, 6) is 0.881. The molecule has 0 amide bonds. The lowest BCUT2D eigenvalue weighted by Crippen LogP contribution is -2.28. The summed E-state index contributed by atoms with van der Waals surface area (Å²) in [5.41, 5.74) is 0. The highest BCUT2D eigenvalue weighted by molar-refractivity contribution is 5.33. The highest BCUT2D eigenvalue weighted by Crippen LogP contribution is 2.07. The topological polar surface area (TPSA) is 53.9 Å². The van der Waals surface area contributed by atoms with Gasteiger partial charge in [-0.2, -0.15) is 0 Å². The van der Waals surface area contributed by atoms with Crippen LogP contribution in [0.15, 0.2) is 12.5 Å². The van der Waals surface area contributed by atoms with E-state index in [9.17, 15) is 0 Å². The minimum atomic E-state index is 0.881. The average Bonchev–Trinajstić information content (AvgIpc) is 2.47. The van der Waals surface area contributed by atoms with E-state index in [1.165, 1.54) is 6.33 Å². The molecule has 1 aromatic rings. The Labute approximate surface area is 77.2 Å². The van der Waals surface area contributed by atoms with E-state index in [2.05, 4.69) is 25.4 Å². The standard InChI is InChI=1S/C8H13N5/c1-2-9-3-5-13(4-1)8-6-10-7-11-12-8/h6-7,9H,1-5H2. The molecule has 1 fully saturated rings. The van der Waals surface area contributed by atoms with Gasteiger partial charge in [-0.05, 0) is 13.0 Å². The summed E-state index contributed by atoms with van der Waals surface area (Å²) < 4.78 is 0. The van der Waals surface area contributed by atoms with Crippen LogP contribution in [0.5, 0.6) is 0 Å². The van der Waals surface area contributed by atoms with Gasteiger partial charge in [-0.1, -0.05) is 0 Å². The molecule has 1 saturated heterocycles. The first-order valence-corrected chi connectivity index (χ1v) is 4.55. The SMILES string of the molecule is c1ncc(N2CCCNCC2)nn1. The van der Waals surface area contributed by atoms with Crippen LogP contribution in [0.3, 0.4) is 0 Å². The Balaban J connectivity index is 2.06. The Morgan fingerprint density at radius 1 is 1.31 bits per heavy atom. The summed E-state index contributed by atoms with van der Waals surface area (Å²) in [6, 6.07) is 0. The molecule has 70 valence electrons. The predicted octanol–water partition coefficient (Wildman–Crippen LogP) is -0.329. The van der Waals surface area contributed by atoms with Crippen molar-refractivity contribution in [3.05, 3.63) is 12.5 Å². The molecule has 2 heterocycles. The molecule has 13 heavy (non-hydrogen) atoms. The number of nitrogens with one attached hydrogen (secondary N) is 1. The maximum absolute atomic E-state index is 4.03. The first-order valence-electron chi connectivity index (χ1n) is 4.55. The summed E-state index contributed by atoms with van der Waals surface area (Å²) in [6.07, 6.45) is 4.37. The Morgan fingerprint density at radius 3 is 3.15 bits per heavy atom. The zero-order valence-corrected chi connectivity index (χ0v) is 7.48. The van der Waals surface area contributed by atoms with Crippen molar-refractivity contribution in [2.75, 3.05) is 31.1 Å². The minimum absolute atomic E-state index is 0.881. The molecular formula is C8H13N5. The molecule has 0 unspecified atom stereocenters. The van der Waals surface area contributed by atoms with E-state index in [0.29, 0.717) is 0 Å². The molecule has 5 heteroatoms. The van der Waals surface area contributed by atoms with Gasteiger partial charge in [0, 0.05) is 19.6 Å². The van der Waals surface area contributed by atoms with Crippen molar-refractivity contribution in [3.8, 4) is 0 Å². The van der Waals surface area contributed by atoms with Crippen LogP contribution in [0, 0.1) is 0 Å². The third-order valence-electron chi connectivity index (χ3n) is 2.13. The summed E-state index contributed by atoms with van der Waals surface area (Å²) >= 11 is 0. The van der Waals surface area contributed by atoms with Crippen molar-refractivity contribution in [2.45, 2.75) is 6.42 Å². The maximum Gasteiger partial charge on any atom is 0.169 e. The lowest BCUT2D eigenvalue weighted by Gasteiger charge is -2.19. The lowest BCUT2D eigenvalue weighted by molar-refractivity contribution is 0.724. The van der Waals surface area contributed by atoms with Gasteiger partial charge < -0.3 is 10.2 Å². The summed E-state index contributed by atoms with van der Waals surface area (Å²) in [7, 11) is 0. The van der Waals surface area contributed by atoms with Crippen LogP contribution in [-0.4, -0.2) is 41.4 Å². The van der Waals surface area contributed by atoms with E-state index in [4.69, 9.17) is 0 Å². The average molecular weight is 179 g/mol. The van der Waals surface area contributed by atoms with Crippen molar-refractivity contribution in [2.24, 2.45) is 0 Å². The Bertz CT molecular complexity index is 242. The van der Waals surface area contributed by atoms with E-state index < -0.39 is 0 Å². The van der Waals surface area contributed by atoms with Crippen LogP contribution >= 0.6 is 0 Å². The Kier molecular flexibility index (Phi) is 2.66. The van der Waals surface area contributed by atoms with Gasteiger partial charge in [-0.15, -0.1) is 10.2 Å². The summed E-state index contributed by atoms with van der Waals surface area (Å²) in [6.45, 7) is 4.12. The number of anilines is 1. The van der Waals surface area contributed by atoms with Crippen LogP contribution in [0.4, 0.5) is 5.82 Å². The molecule has 1 aromatic heterocycles. The lowest BCUT2D eigenvalue weighted by atomic mass is 10.4. The van der Waals surface area contributed by atoms with Gasteiger partial charge in [0.15, 0.2) is 5.82 Å². The highest BCUT2D eigenvalue weighted by Gasteiger charge is 2.10. The molecule has 1 aliphatic heterocycles. The van der Waals surface area contributed by atoms with Crippen molar-refractivity contribution >= 4 is 5.82 Å². The molecule has 5 nitrogen and oxygen atoms in total. The maximum atomic E-state index is 4.03. The van der Waals surface area contributed by atoms with E-state index in [0.717, 1.165) is 38.4 Å². The van der Waals surface area contributed by atoms with Crippen LogP contribution < -0.4 is 10.2 Å². The number of nitrogens with zero attached hydrogens (tertiary/aromatic N) is 4. The summed E-state index contributed by atoms with van der Waals surface area (Å²) in [5, 5.41) is 11.1. The smallest absolute Gasteiger partial charge is 0.169 e. The third-order valence-corrected chi connectivity index (χ3v) is 2.13. The van der Waals surface area contributed by atoms with Gasteiger partial charge in [-0.25, -0.2) is 4.98 Å². The van der Waals surface area contributed by atoms with Crippen LogP contribution in [0.1, 0.15) is 6.42 Å². The van der Waals surface area contributed by atoms with Gasteiger partial charge in [0.1, 0.15) is 6.33 Å². The molecule has 0 aromatic carbocycles. The van der Waals surface area contributed by atoms with Gasteiger partial charge in [0.05, 0.1) is 6.20 Å². The van der Waals surface area contributed by atoms with Crippen LogP contribution in [-0.2, 0) is 0 Å². The molecule has 1 N–H and O–H groups in total. The number of hydrogen-bond acceptors (Lipinski definition) is 5. The second-order valence-electron chi connectivity index (χ2n) is 3.06. The first-order chi connectivity index (χ1) is 6.47. The molecule has 2 rings (SSSR count). The van der Waals surface area contributed by atoms with E-state index in [1.807, 2.05) is 0 Å². The Hall–Kier alpha value is -1.23. The molecular weight excluding hydrogens is 166 g/mol. The van der Waals surface area contributed by atoms with Gasteiger partial charge in [0.25, 0.3) is 0 Å². The second-order valence-corrected chi connectivity index (χ2v) is 3.06. The second kappa shape index (κ2) is 4.13. The largest absolute Gasteiger partial charge is 0.353 e. The summed E-state index contributed by atoms with van der Waals surface area (Å²) in [4.78, 5) is 6.16. The quantitative estimate of drug-likeness (QED) is 0.640. The zero-order chi connectivity index (χ0) is 8.93. The Morgan fingerprint density at radius 2 is 2.31 bits per heavy atom. The fourth-order valence-electron chi connectivity index (χ4n) is 1.46. The fourth-order valence-corrected chi connectivity index (χ4v) is 1.46. The third kappa shape index (κ3) is 2.12. The zero-order valence-electron chi connectivity index (χ0n) is 7.48. The van der Waals surface area contributed by atoms with Crippen LogP contribution in [0.25, 0.3) is 0 Å². The van der Waals surface area contributed by atoms with Gasteiger partial charge in [0.2, 0.25) is 0 Å². The van der Waals surface area contributed by atoms with Crippen molar-refractivity contribution in [1.29, 1.82) is 0 Å². The van der Waals surface area contributed by atoms with E-state index in [1.54, 1.807) is 6.20 Å². The number of hydrogen-bond donors (Lipinski definition) is 1. The highest BCUT2D eigenvalue weighted by atomic mass is 15.3. The van der Waals surface area contributed by atoms with E-state index in [-0.39, 0.29) is 0 Å². The molecule has 0 saturated carbocycles. The van der Waals surface area contributed by atoms with E-state index >= 15 is 0 Å². The molecule has 1 aliphatic rings. The molecule has 0 aliphatic carbocycles. The van der Waals surface area contributed by atoms with Gasteiger partial charge >= 0.3 is 0 Å². The van der Waals surface area contributed by atoms with Gasteiger partial charge in [-0.3, -0.25) is 0 Å². The molecule has 0 radical (unpaired) electrons. The molecule has 0 atom stereocenters. The van der Waals surface area contributed by atoms with Crippen molar-refractivity contribution < 1.29 is 0 Å². The minimum Gasteiger partial charge on any atom is -0.353 e. The predicted molar refractivity (Wildman–Crippen MR) is 49.5 cm³/mol. The molecule has 0 bridgehead atoms. The van der Waals surface area contributed by atoms with Crippen molar-refractivity contribution in [1.82, 2.24) is 20.5 Å². The number of rotatable bonds is 1. The normalized spacial score (nSPS) is 18.3. The first kappa shape index (κ1) is 8.37. The number of aromatic nitrogens is 3. The fraction of sp³-hybridized carbons (Fsp3) is 0.625. The van der Waals surface area contributed by atoms with Crippen LogP contribution in [0.2, 0.25) is 0 Å². The molecule has 0 spiro atoms. The monoisotopic (exact) mass is 179 g/mol.